The Labute approximate surface area is 204 Å². The molecule has 7 heteroatoms. The Kier molecular flexibility index (Phi) is 8.21. The number of likely N-dealkylation sites (tertiary alicyclic amines) is 1. The summed E-state index contributed by atoms with van der Waals surface area (Å²) >= 11 is 12.0. The van der Waals surface area contributed by atoms with Gasteiger partial charge in [0.1, 0.15) is 12.4 Å². The summed E-state index contributed by atoms with van der Waals surface area (Å²) in [6.45, 7) is 3.18. The number of piperidine rings is 1. The zero-order valence-corrected chi connectivity index (χ0v) is 19.8. The van der Waals surface area contributed by atoms with Gasteiger partial charge in [0.25, 0.3) is 0 Å². The van der Waals surface area contributed by atoms with E-state index in [0.29, 0.717) is 16.7 Å². The smallest absolute Gasteiger partial charge is 0.224 e. The number of hydrogen-bond acceptors (Lipinski definition) is 4. The van der Waals surface area contributed by atoms with Crippen molar-refractivity contribution in [1.82, 2.24) is 15.2 Å². The number of carbonyl (C=O) groups is 1. The fraction of sp³-hybridized carbons (Fsp3) is 0.308. The molecule has 0 unspecified atom stereocenters. The number of amides is 1. The topological polar surface area (TPSA) is 54.5 Å². The molecule has 1 aromatic heterocycles. The maximum absolute atomic E-state index is 13.1. The molecule has 1 aliphatic rings. The first-order valence-corrected chi connectivity index (χ1v) is 11.9. The second-order valence-corrected chi connectivity index (χ2v) is 9.04. The Balaban J connectivity index is 1.29. The van der Waals surface area contributed by atoms with Crippen molar-refractivity contribution in [3.05, 3.63) is 94.2 Å². The molecule has 4 rings (SSSR count). The lowest BCUT2D eigenvalue weighted by Gasteiger charge is -2.32. The minimum Gasteiger partial charge on any atom is -0.492 e. The predicted molar refractivity (Wildman–Crippen MR) is 132 cm³/mol. The van der Waals surface area contributed by atoms with Gasteiger partial charge in [0.15, 0.2) is 0 Å². The van der Waals surface area contributed by atoms with E-state index < -0.39 is 0 Å². The van der Waals surface area contributed by atoms with E-state index >= 15 is 0 Å². The predicted octanol–water partition coefficient (Wildman–Crippen LogP) is 5.39. The first-order chi connectivity index (χ1) is 16.1. The number of rotatable bonds is 8. The molecule has 1 atom stereocenters. The lowest BCUT2D eigenvalue weighted by atomic mass is 9.94. The molecule has 1 N–H and O–H groups in total. The van der Waals surface area contributed by atoms with E-state index in [9.17, 15) is 4.79 Å². The molecule has 1 amide bonds. The summed E-state index contributed by atoms with van der Waals surface area (Å²) in [5.41, 5.74) is 1.77. The molecule has 172 valence electrons. The van der Waals surface area contributed by atoms with Crippen LogP contribution in [-0.2, 0) is 4.79 Å². The van der Waals surface area contributed by atoms with Gasteiger partial charge in [-0.15, -0.1) is 0 Å². The molecule has 0 spiro atoms. The van der Waals surface area contributed by atoms with Crippen molar-refractivity contribution < 1.29 is 9.53 Å². The van der Waals surface area contributed by atoms with E-state index in [-0.39, 0.29) is 17.9 Å². The van der Waals surface area contributed by atoms with Crippen molar-refractivity contribution in [3.63, 3.8) is 0 Å². The van der Waals surface area contributed by atoms with E-state index in [1.165, 1.54) is 0 Å². The number of nitrogens with zero attached hydrogens (tertiary/aromatic N) is 2. The van der Waals surface area contributed by atoms with Gasteiger partial charge in [-0.2, -0.15) is 0 Å². The third-order valence-electron chi connectivity index (χ3n) is 5.92. The molecule has 0 radical (unpaired) electrons. The maximum Gasteiger partial charge on any atom is 0.224 e. The number of carbonyl (C=O) groups excluding carboxylic acids is 1. The van der Waals surface area contributed by atoms with Gasteiger partial charge >= 0.3 is 0 Å². The van der Waals surface area contributed by atoms with Gasteiger partial charge in [0.05, 0.1) is 11.7 Å². The molecule has 33 heavy (non-hydrogen) atoms. The van der Waals surface area contributed by atoms with E-state index in [4.69, 9.17) is 27.9 Å². The molecule has 0 bridgehead atoms. The second-order valence-electron chi connectivity index (χ2n) is 8.17. The van der Waals surface area contributed by atoms with Crippen LogP contribution in [0.2, 0.25) is 10.0 Å². The number of ether oxygens (including phenoxy) is 1. The summed E-state index contributed by atoms with van der Waals surface area (Å²) < 4.78 is 5.80. The van der Waals surface area contributed by atoms with Gasteiger partial charge in [0.2, 0.25) is 5.91 Å². The van der Waals surface area contributed by atoms with Crippen LogP contribution < -0.4 is 10.1 Å². The average Bonchev–Trinajstić information content (AvgIpc) is 2.85. The fourth-order valence-electron chi connectivity index (χ4n) is 4.03. The minimum absolute atomic E-state index is 0.0167. The van der Waals surface area contributed by atoms with Crippen molar-refractivity contribution in [2.45, 2.75) is 18.9 Å². The normalized spacial score (nSPS) is 15.7. The van der Waals surface area contributed by atoms with Crippen LogP contribution in [0.15, 0.2) is 72.9 Å². The third-order valence-corrected chi connectivity index (χ3v) is 6.43. The monoisotopic (exact) mass is 483 g/mol. The lowest BCUT2D eigenvalue weighted by molar-refractivity contribution is -0.127. The number of hydrogen-bond donors (Lipinski definition) is 1. The summed E-state index contributed by atoms with van der Waals surface area (Å²) in [5.74, 6) is 0.867. The fourth-order valence-corrected chi connectivity index (χ4v) is 4.28. The van der Waals surface area contributed by atoms with Crippen LogP contribution in [0.25, 0.3) is 0 Å². The summed E-state index contributed by atoms with van der Waals surface area (Å²) in [4.78, 5) is 20.0. The number of benzene rings is 2. The summed E-state index contributed by atoms with van der Waals surface area (Å²) in [7, 11) is 0. The van der Waals surface area contributed by atoms with Gasteiger partial charge in [-0.3, -0.25) is 14.7 Å². The highest BCUT2D eigenvalue weighted by atomic mass is 35.5. The van der Waals surface area contributed by atoms with Gasteiger partial charge in [-0.05, 0) is 80.0 Å². The minimum atomic E-state index is -0.304. The number of aromatic nitrogens is 1. The van der Waals surface area contributed by atoms with Crippen molar-refractivity contribution in [2.75, 3.05) is 26.2 Å². The molecule has 2 aromatic carbocycles. The Morgan fingerprint density at radius 3 is 2.30 bits per heavy atom. The van der Waals surface area contributed by atoms with Crippen LogP contribution in [0.4, 0.5) is 0 Å². The van der Waals surface area contributed by atoms with E-state index in [1.54, 1.807) is 6.20 Å². The molecule has 2 heterocycles. The zero-order chi connectivity index (χ0) is 23.0. The molecule has 1 fully saturated rings. The quantitative estimate of drug-likeness (QED) is 0.466. The Morgan fingerprint density at radius 2 is 1.67 bits per heavy atom. The van der Waals surface area contributed by atoms with Gasteiger partial charge in [-0.1, -0.05) is 41.4 Å². The van der Waals surface area contributed by atoms with Crippen LogP contribution >= 0.6 is 23.2 Å². The first-order valence-electron chi connectivity index (χ1n) is 11.2. The molecule has 3 aromatic rings. The SMILES string of the molecule is O=C(N[C@H](c1ccc(Cl)cc1)c1ccccn1)C1CCN(CCOc2ccc(Cl)cc2)CC1. The lowest BCUT2D eigenvalue weighted by Crippen LogP contribution is -2.42. The largest absolute Gasteiger partial charge is 0.492 e. The summed E-state index contributed by atoms with van der Waals surface area (Å²) in [5, 5.41) is 4.59. The van der Waals surface area contributed by atoms with Crippen molar-refractivity contribution in [1.29, 1.82) is 0 Å². The molecule has 1 aliphatic heterocycles. The van der Waals surface area contributed by atoms with Crippen molar-refractivity contribution >= 4 is 29.1 Å². The Bertz CT molecular complexity index is 1020. The van der Waals surface area contributed by atoms with Crippen LogP contribution in [0, 0.1) is 5.92 Å². The Hall–Kier alpha value is -2.60. The number of halogens is 2. The van der Waals surface area contributed by atoms with E-state index in [1.807, 2.05) is 66.7 Å². The van der Waals surface area contributed by atoms with E-state index in [0.717, 1.165) is 49.5 Å². The van der Waals surface area contributed by atoms with Gasteiger partial charge < -0.3 is 10.1 Å². The third kappa shape index (κ3) is 6.70. The molecule has 0 aliphatic carbocycles. The van der Waals surface area contributed by atoms with Crippen molar-refractivity contribution in [3.8, 4) is 5.75 Å². The molecule has 0 saturated carbocycles. The maximum atomic E-state index is 13.1. The first kappa shape index (κ1) is 23.6. The van der Waals surface area contributed by atoms with E-state index in [2.05, 4.69) is 15.2 Å². The van der Waals surface area contributed by atoms with Crippen LogP contribution in [0.5, 0.6) is 5.75 Å². The highest BCUT2D eigenvalue weighted by Gasteiger charge is 2.27. The van der Waals surface area contributed by atoms with Crippen molar-refractivity contribution in [2.24, 2.45) is 5.92 Å². The van der Waals surface area contributed by atoms with Crippen LogP contribution in [0.1, 0.15) is 30.1 Å². The van der Waals surface area contributed by atoms with Crippen LogP contribution in [0.3, 0.4) is 0 Å². The van der Waals surface area contributed by atoms with Gasteiger partial charge in [0, 0.05) is 28.7 Å². The van der Waals surface area contributed by atoms with Gasteiger partial charge in [-0.25, -0.2) is 0 Å². The van der Waals surface area contributed by atoms with Crippen LogP contribution in [-0.4, -0.2) is 42.0 Å². The average molecular weight is 484 g/mol. The summed E-state index contributed by atoms with van der Waals surface area (Å²) in [6, 6.07) is 20.4. The zero-order valence-electron chi connectivity index (χ0n) is 18.3. The number of nitrogens with one attached hydrogen (secondary N) is 1. The highest BCUT2D eigenvalue weighted by molar-refractivity contribution is 6.30. The number of pyridine rings is 1. The molecule has 1 saturated heterocycles. The highest BCUT2D eigenvalue weighted by Crippen LogP contribution is 2.25. The standard InChI is InChI=1S/C26H27Cl2N3O2/c27-21-6-4-19(5-7-21)25(24-3-1-2-14-29-24)30-26(32)20-12-15-31(16-13-20)17-18-33-23-10-8-22(28)9-11-23/h1-11,14,20,25H,12-13,15-18H2,(H,30,32)/t25-/m1/s1. The summed E-state index contributed by atoms with van der Waals surface area (Å²) in [6.07, 6.45) is 3.39. The molecule has 5 nitrogen and oxygen atoms in total. The Morgan fingerprint density at radius 1 is 1.00 bits per heavy atom. The molecular weight excluding hydrogens is 457 g/mol. The second kappa shape index (κ2) is 11.5. The molecular formula is C26H27Cl2N3O2.